The van der Waals surface area contributed by atoms with Gasteiger partial charge in [0.2, 0.25) is 11.8 Å². The van der Waals surface area contributed by atoms with Crippen LogP contribution < -0.4 is 4.90 Å². The Bertz CT molecular complexity index is 882. The Balaban J connectivity index is 1.58. The maximum Gasteiger partial charge on any atom is 0.239 e. The second-order valence-corrected chi connectivity index (χ2v) is 8.59. The molecule has 4 heterocycles. The summed E-state index contributed by atoms with van der Waals surface area (Å²) in [5.41, 5.74) is 0. The van der Waals surface area contributed by atoms with Crippen molar-refractivity contribution in [1.82, 2.24) is 24.9 Å². The van der Waals surface area contributed by atoms with Crippen LogP contribution in [0.15, 0.2) is 32.5 Å². The molecule has 1 fully saturated rings. The van der Waals surface area contributed by atoms with Crippen molar-refractivity contribution in [1.29, 1.82) is 0 Å². The molecule has 0 amide bonds. The molecule has 3 aromatic heterocycles. The van der Waals surface area contributed by atoms with Gasteiger partial charge < -0.3 is 13.8 Å². The number of piperidine rings is 1. The average Bonchev–Trinajstić information content (AvgIpc) is 3.45. The minimum Gasteiger partial charge on any atom is -0.467 e. The van der Waals surface area contributed by atoms with Crippen molar-refractivity contribution in [2.75, 3.05) is 18.0 Å². The number of hydrogen-bond acceptors (Lipinski definition) is 8. The maximum absolute atomic E-state index is 5.58. The van der Waals surface area contributed by atoms with Crippen molar-refractivity contribution >= 4 is 17.7 Å². The molecule has 28 heavy (non-hydrogen) atoms. The first-order valence-electron chi connectivity index (χ1n) is 9.83. The summed E-state index contributed by atoms with van der Waals surface area (Å²) < 4.78 is 13.1. The van der Waals surface area contributed by atoms with E-state index in [-0.39, 0.29) is 5.25 Å². The molecule has 0 aromatic carbocycles. The number of thioether (sulfide) groups is 1. The van der Waals surface area contributed by atoms with Gasteiger partial charge >= 0.3 is 0 Å². The largest absolute Gasteiger partial charge is 0.467 e. The second-order valence-electron chi connectivity index (χ2n) is 7.28. The fraction of sp³-hybridized carbons (Fsp3) is 0.579. The molecule has 4 rings (SSSR count). The number of anilines is 1. The molecule has 3 aromatic rings. The Labute approximate surface area is 168 Å². The van der Waals surface area contributed by atoms with Crippen LogP contribution in [0.3, 0.4) is 0 Å². The lowest BCUT2D eigenvalue weighted by molar-refractivity contribution is 0.375. The summed E-state index contributed by atoms with van der Waals surface area (Å²) in [5.74, 6) is 3.88. The Morgan fingerprint density at radius 2 is 2.11 bits per heavy atom. The van der Waals surface area contributed by atoms with Crippen LogP contribution in [0.1, 0.15) is 56.3 Å². The topological polar surface area (TPSA) is 86.0 Å². The zero-order valence-corrected chi connectivity index (χ0v) is 17.4. The first-order chi connectivity index (χ1) is 13.6. The lowest BCUT2D eigenvalue weighted by atomic mass is 10.00. The number of hydrogen-bond donors (Lipinski definition) is 0. The van der Waals surface area contributed by atoms with E-state index in [2.05, 4.69) is 36.7 Å². The Morgan fingerprint density at radius 1 is 1.29 bits per heavy atom. The fourth-order valence-electron chi connectivity index (χ4n) is 3.29. The van der Waals surface area contributed by atoms with Crippen LogP contribution in [-0.4, -0.2) is 38.0 Å². The third kappa shape index (κ3) is 4.09. The Hall–Kier alpha value is -2.29. The molecule has 1 aliphatic heterocycles. The number of aromatic nitrogens is 5. The van der Waals surface area contributed by atoms with E-state index in [4.69, 9.17) is 8.94 Å². The van der Waals surface area contributed by atoms with Gasteiger partial charge in [-0.05, 0) is 37.8 Å². The molecule has 1 unspecified atom stereocenters. The quantitative estimate of drug-likeness (QED) is 0.549. The third-order valence-electron chi connectivity index (χ3n) is 5.09. The van der Waals surface area contributed by atoms with Crippen molar-refractivity contribution in [3.05, 3.63) is 35.9 Å². The zero-order chi connectivity index (χ0) is 19.5. The smallest absolute Gasteiger partial charge is 0.239 e. The molecule has 9 heteroatoms. The van der Waals surface area contributed by atoms with Gasteiger partial charge in [0.25, 0.3) is 0 Å². The Morgan fingerprint density at radius 3 is 2.79 bits per heavy atom. The number of furan rings is 1. The van der Waals surface area contributed by atoms with Crippen LogP contribution >= 0.6 is 11.8 Å². The highest BCUT2D eigenvalue weighted by molar-refractivity contribution is 7.99. The molecule has 1 saturated heterocycles. The molecule has 0 radical (unpaired) electrons. The van der Waals surface area contributed by atoms with Gasteiger partial charge in [-0.2, -0.15) is 4.98 Å². The SMILES string of the molecule is CCc1noc(C(C)Sc2nnc(N3CCC(C)CC3)n2Cc2ccco2)n1. The maximum atomic E-state index is 5.58. The number of nitrogens with zero attached hydrogens (tertiary/aromatic N) is 6. The van der Waals surface area contributed by atoms with Gasteiger partial charge in [0.05, 0.1) is 18.1 Å². The lowest BCUT2D eigenvalue weighted by Gasteiger charge is -2.31. The highest BCUT2D eigenvalue weighted by atomic mass is 32.2. The third-order valence-corrected chi connectivity index (χ3v) is 6.16. The molecule has 0 N–H and O–H groups in total. The standard InChI is InChI=1S/C19H26N6O2S/c1-4-16-20-17(27-23-16)14(3)28-19-22-21-18(24-9-7-13(2)8-10-24)25(19)12-15-6-5-11-26-15/h5-6,11,13-14H,4,7-10,12H2,1-3H3. The molecule has 150 valence electrons. The van der Waals surface area contributed by atoms with E-state index < -0.39 is 0 Å². The fourth-order valence-corrected chi connectivity index (χ4v) is 4.17. The second kappa shape index (κ2) is 8.38. The van der Waals surface area contributed by atoms with Crippen LogP contribution in [0.2, 0.25) is 0 Å². The van der Waals surface area contributed by atoms with Crippen LogP contribution in [0.25, 0.3) is 0 Å². The van der Waals surface area contributed by atoms with Gasteiger partial charge in [0, 0.05) is 19.5 Å². The zero-order valence-electron chi connectivity index (χ0n) is 16.5. The first-order valence-corrected chi connectivity index (χ1v) is 10.7. The summed E-state index contributed by atoms with van der Waals surface area (Å²) in [6.07, 6.45) is 4.80. The molecule has 0 spiro atoms. The predicted octanol–water partition coefficient (Wildman–Crippen LogP) is 3.95. The minimum absolute atomic E-state index is 0.0124. The summed E-state index contributed by atoms with van der Waals surface area (Å²) in [5, 5.41) is 13.8. The normalized spacial score (nSPS) is 16.6. The van der Waals surface area contributed by atoms with Crippen molar-refractivity contribution in [3.63, 3.8) is 0 Å². The molecule has 1 aliphatic rings. The van der Waals surface area contributed by atoms with Crippen molar-refractivity contribution < 1.29 is 8.94 Å². The minimum atomic E-state index is -0.0124. The molecule has 0 aliphatic carbocycles. The lowest BCUT2D eigenvalue weighted by Crippen LogP contribution is -2.35. The summed E-state index contributed by atoms with van der Waals surface area (Å²) in [7, 11) is 0. The molecule has 1 atom stereocenters. The molecule has 0 bridgehead atoms. The number of aryl methyl sites for hydroxylation is 1. The monoisotopic (exact) mass is 402 g/mol. The van der Waals surface area contributed by atoms with Gasteiger partial charge in [-0.15, -0.1) is 10.2 Å². The van der Waals surface area contributed by atoms with Gasteiger partial charge in [0.1, 0.15) is 5.76 Å². The van der Waals surface area contributed by atoms with E-state index in [0.717, 1.165) is 48.1 Å². The van der Waals surface area contributed by atoms with Crippen molar-refractivity contribution in [2.24, 2.45) is 5.92 Å². The molecular formula is C19H26N6O2S. The van der Waals surface area contributed by atoms with E-state index in [9.17, 15) is 0 Å². The Kier molecular flexibility index (Phi) is 5.70. The molecule has 8 nitrogen and oxygen atoms in total. The van der Waals surface area contributed by atoms with Crippen LogP contribution in [-0.2, 0) is 13.0 Å². The summed E-state index contributed by atoms with van der Waals surface area (Å²) in [6.45, 7) is 8.97. The summed E-state index contributed by atoms with van der Waals surface area (Å²) in [6, 6.07) is 3.88. The van der Waals surface area contributed by atoms with E-state index in [1.165, 1.54) is 12.8 Å². The predicted molar refractivity (Wildman–Crippen MR) is 106 cm³/mol. The van der Waals surface area contributed by atoms with Crippen molar-refractivity contribution in [2.45, 2.75) is 57.0 Å². The van der Waals surface area contributed by atoms with Crippen LogP contribution in [0, 0.1) is 5.92 Å². The van der Waals surface area contributed by atoms with E-state index in [1.807, 2.05) is 26.0 Å². The van der Waals surface area contributed by atoms with E-state index in [0.29, 0.717) is 12.4 Å². The first kappa shape index (κ1) is 19.0. The van der Waals surface area contributed by atoms with Crippen molar-refractivity contribution in [3.8, 4) is 0 Å². The average molecular weight is 403 g/mol. The highest BCUT2D eigenvalue weighted by Gasteiger charge is 2.25. The summed E-state index contributed by atoms with van der Waals surface area (Å²) >= 11 is 1.58. The molecular weight excluding hydrogens is 376 g/mol. The van der Waals surface area contributed by atoms with Gasteiger partial charge in [-0.3, -0.25) is 4.57 Å². The molecule has 0 saturated carbocycles. The summed E-state index contributed by atoms with van der Waals surface area (Å²) in [4.78, 5) is 6.78. The van der Waals surface area contributed by atoms with E-state index in [1.54, 1.807) is 18.0 Å². The van der Waals surface area contributed by atoms with E-state index >= 15 is 0 Å². The van der Waals surface area contributed by atoms with Crippen LogP contribution in [0.5, 0.6) is 0 Å². The van der Waals surface area contributed by atoms with Crippen LogP contribution in [0.4, 0.5) is 5.95 Å². The van der Waals surface area contributed by atoms with Gasteiger partial charge in [0.15, 0.2) is 11.0 Å². The van der Waals surface area contributed by atoms with Gasteiger partial charge in [-0.1, -0.05) is 30.8 Å². The highest BCUT2D eigenvalue weighted by Crippen LogP contribution is 2.35. The number of rotatable bonds is 7. The van der Waals surface area contributed by atoms with Gasteiger partial charge in [-0.25, -0.2) is 0 Å².